The van der Waals surface area contributed by atoms with Gasteiger partial charge < -0.3 is 5.32 Å². The second-order valence-electron chi connectivity index (χ2n) is 4.50. The Morgan fingerprint density at radius 1 is 1.62 bits per heavy atom. The highest BCUT2D eigenvalue weighted by molar-refractivity contribution is 7.09. The van der Waals surface area contributed by atoms with Gasteiger partial charge in [-0.15, -0.1) is 11.3 Å². The van der Waals surface area contributed by atoms with Crippen molar-refractivity contribution in [3.8, 4) is 0 Å². The molecule has 3 nitrogen and oxygen atoms in total. The number of nitrogens with one attached hydrogen (secondary N) is 1. The van der Waals surface area contributed by atoms with Crippen LogP contribution in [0.5, 0.6) is 0 Å². The molecule has 90 valence electrons. The van der Waals surface area contributed by atoms with Gasteiger partial charge in [0.2, 0.25) is 0 Å². The molecule has 2 rings (SSSR count). The molecule has 1 unspecified atom stereocenters. The number of aromatic nitrogens is 1. The highest BCUT2D eigenvalue weighted by Crippen LogP contribution is 2.15. The fraction of sp³-hybridized carbons (Fsp3) is 0.750. The Kier molecular flexibility index (Phi) is 4.75. The van der Waals surface area contributed by atoms with E-state index in [0.717, 1.165) is 13.1 Å². The van der Waals surface area contributed by atoms with E-state index >= 15 is 0 Å². The first-order valence-corrected chi connectivity index (χ1v) is 7.09. The number of hydrogen-bond acceptors (Lipinski definition) is 4. The van der Waals surface area contributed by atoms with E-state index in [-0.39, 0.29) is 0 Å². The van der Waals surface area contributed by atoms with E-state index in [4.69, 9.17) is 0 Å². The zero-order chi connectivity index (χ0) is 11.2. The van der Waals surface area contributed by atoms with E-state index in [2.05, 4.69) is 22.1 Å². The first-order valence-electron chi connectivity index (χ1n) is 6.21. The Labute approximate surface area is 102 Å². The lowest BCUT2D eigenvalue weighted by atomic mass is 10.1. The SMILES string of the molecule is CCCNC1CCCN(Cc2cncs2)C1. The summed E-state index contributed by atoms with van der Waals surface area (Å²) in [6.07, 6.45) is 5.87. The number of piperidine rings is 1. The Balaban J connectivity index is 1.77. The summed E-state index contributed by atoms with van der Waals surface area (Å²) in [7, 11) is 0. The maximum Gasteiger partial charge on any atom is 0.0794 e. The first kappa shape index (κ1) is 12.0. The molecular weight excluding hydrogens is 218 g/mol. The van der Waals surface area contributed by atoms with Crippen LogP contribution in [0.3, 0.4) is 0 Å². The maximum absolute atomic E-state index is 4.13. The van der Waals surface area contributed by atoms with Crippen LogP contribution < -0.4 is 5.32 Å². The molecule has 0 spiro atoms. The maximum atomic E-state index is 4.13. The van der Waals surface area contributed by atoms with Gasteiger partial charge in [0.1, 0.15) is 0 Å². The van der Waals surface area contributed by atoms with Crippen molar-refractivity contribution in [2.45, 2.75) is 38.8 Å². The molecule has 1 aromatic heterocycles. The lowest BCUT2D eigenvalue weighted by Crippen LogP contribution is -2.45. The fourth-order valence-electron chi connectivity index (χ4n) is 2.25. The average Bonchev–Trinajstić information content (AvgIpc) is 2.80. The fourth-order valence-corrected chi connectivity index (χ4v) is 2.89. The van der Waals surface area contributed by atoms with Gasteiger partial charge in [-0.2, -0.15) is 0 Å². The second kappa shape index (κ2) is 6.33. The van der Waals surface area contributed by atoms with E-state index in [1.807, 2.05) is 11.7 Å². The monoisotopic (exact) mass is 239 g/mol. The van der Waals surface area contributed by atoms with Crippen molar-refractivity contribution in [2.24, 2.45) is 0 Å². The van der Waals surface area contributed by atoms with E-state index in [9.17, 15) is 0 Å². The van der Waals surface area contributed by atoms with Crippen molar-refractivity contribution in [1.29, 1.82) is 0 Å². The van der Waals surface area contributed by atoms with Crippen LogP contribution in [0.25, 0.3) is 0 Å². The molecule has 0 bridgehead atoms. The van der Waals surface area contributed by atoms with Crippen molar-refractivity contribution < 1.29 is 0 Å². The number of hydrogen-bond donors (Lipinski definition) is 1. The first-order chi connectivity index (χ1) is 7.88. The number of thiazole rings is 1. The molecule has 1 aromatic rings. The smallest absolute Gasteiger partial charge is 0.0794 e. The molecule has 1 aliphatic heterocycles. The summed E-state index contributed by atoms with van der Waals surface area (Å²) in [4.78, 5) is 8.06. The van der Waals surface area contributed by atoms with Gasteiger partial charge in [-0.05, 0) is 32.4 Å². The molecule has 4 heteroatoms. The van der Waals surface area contributed by atoms with Crippen molar-refractivity contribution in [3.63, 3.8) is 0 Å². The molecule has 1 N–H and O–H groups in total. The normalized spacial score (nSPS) is 22.4. The predicted octanol–water partition coefficient (Wildman–Crippen LogP) is 2.11. The van der Waals surface area contributed by atoms with Gasteiger partial charge in [-0.1, -0.05) is 6.92 Å². The topological polar surface area (TPSA) is 28.2 Å². The molecule has 1 saturated heterocycles. The van der Waals surface area contributed by atoms with Crippen LogP contribution in [-0.4, -0.2) is 35.6 Å². The molecule has 0 aliphatic carbocycles. The van der Waals surface area contributed by atoms with Crippen molar-refractivity contribution in [1.82, 2.24) is 15.2 Å². The van der Waals surface area contributed by atoms with E-state index < -0.39 is 0 Å². The summed E-state index contributed by atoms with van der Waals surface area (Å²) in [5.74, 6) is 0. The van der Waals surface area contributed by atoms with Crippen LogP contribution in [0.4, 0.5) is 0 Å². The van der Waals surface area contributed by atoms with Crippen LogP contribution in [-0.2, 0) is 6.54 Å². The van der Waals surface area contributed by atoms with Crippen molar-refractivity contribution in [3.05, 3.63) is 16.6 Å². The molecule has 1 aliphatic rings. The molecule has 1 atom stereocenters. The average molecular weight is 239 g/mol. The minimum absolute atomic E-state index is 0.696. The molecule has 0 radical (unpaired) electrons. The number of rotatable bonds is 5. The highest BCUT2D eigenvalue weighted by Gasteiger charge is 2.19. The molecule has 0 amide bonds. The van der Waals surface area contributed by atoms with Gasteiger partial charge in [-0.25, -0.2) is 0 Å². The Bertz CT molecular complexity index is 286. The zero-order valence-corrected chi connectivity index (χ0v) is 10.8. The molecule has 1 fully saturated rings. The minimum Gasteiger partial charge on any atom is -0.313 e. The van der Waals surface area contributed by atoms with Crippen LogP contribution in [0, 0.1) is 0 Å². The van der Waals surface area contributed by atoms with Crippen molar-refractivity contribution in [2.75, 3.05) is 19.6 Å². The van der Waals surface area contributed by atoms with Crippen LogP contribution in [0.1, 0.15) is 31.1 Å². The Morgan fingerprint density at radius 3 is 3.31 bits per heavy atom. The third-order valence-corrected chi connectivity index (χ3v) is 3.82. The van der Waals surface area contributed by atoms with Crippen LogP contribution in [0.2, 0.25) is 0 Å². The van der Waals surface area contributed by atoms with E-state index in [1.165, 1.54) is 37.2 Å². The quantitative estimate of drug-likeness (QED) is 0.853. The standard InChI is InChI=1S/C12H21N3S/c1-2-5-14-11-4-3-6-15(8-11)9-12-7-13-10-16-12/h7,10-11,14H,2-6,8-9H2,1H3. The van der Waals surface area contributed by atoms with Gasteiger partial charge in [0.15, 0.2) is 0 Å². The number of nitrogens with zero attached hydrogens (tertiary/aromatic N) is 2. The van der Waals surface area contributed by atoms with Crippen molar-refractivity contribution >= 4 is 11.3 Å². The molecular formula is C12H21N3S. The van der Waals surface area contributed by atoms with Gasteiger partial charge in [0.05, 0.1) is 5.51 Å². The van der Waals surface area contributed by atoms with Gasteiger partial charge >= 0.3 is 0 Å². The molecule has 0 saturated carbocycles. The Hall–Kier alpha value is -0.450. The third-order valence-electron chi connectivity index (χ3n) is 3.05. The van der Waals surface area contributed by atoms with E-state index in [1.54, 1.807) is 11.3 Å². The largest absolute Gasteiger partial charge is 0.313 e. The lowest BCUT2D eigenvalue weighted by Gasteiger charge is -2.32. The Morgan fingerprint density at radius 2 is 2.56 bits per heavy atom. The zero-order valence-electron chi connectivity index (χ0n) is 9.98. The molecule has 2 heterocycles. The summed E-state index contributed by atoms with van der Waals surface area (Å²) in [5.41, 5.74) is 1.92. The highest BCUT2D eigenvalue weighted by atomic mass is 32.1. The predicted molar refractivity (Wildman–Crippen MR) is 68.7 cm³/mol. The molecule has 16 heavy (non-hydrogen) atoms. The number of likely N-dealkylation sites (tertiary alicyclic amines) is 1. The summed E-state index contributed by atoms with van der Waals surface area (Å²) in [6.45, 7) is 6.89. The van der Waals surface area contributed by atoms with Gasteiger partial charge in [-0.3, -0.25) is 9.88 Å². The van der Waals surface area contributed by atoms with Gasteiger partial charge in [0.25, 0.3) is 0 Å². The van der Waals surface area contributed by atoms with Gasteiger partial charge in [0, 0.05) is 30.2 Å². The molecule has 0 aromatic carbocycles. The lowest BCUT2D eigenvalue weighted by molar-refractivity contribution is 0.185. The second-order valence-corrected chi connectivity index (χ2v) is 5.47. The summed E-state index contributed by atoms with van der Waals surface area (Å²) < 4.78 is 0. The van der Waals surface area contributed by atoms with Crippen LogP contribution >= 0.6 is 11.3 Å². The third kappa shape index (κ3) is 3.54. The summed E-state index contributed by atoms with van der Waals surface area (Å²) in [5, 5.41) is 3.63. The minimum atomic E-state index is 0.696. The summed E-state index contributed by atoms with van der Waals surface area (Å²) in [6, 6.07) is 0.696. The van der Waals surface area contributed by atoms with E-state index in [0.29, 0.717) is 6.04 Å². The van der Waals surface area contributed by atoms with Crippen LogP contribution in [0.15, 0.2) is 11.7 Å². The summed E-state index contributed by atoms with van der Waals surface area (Å²) >= 11 is 1.76.